The SMILES string of the molecule is CCC(CNCC(C)C)COCC1CC1. The maximum atomic E-state index is 5.73. The molecule has 0 bridgehead atoms. The van der Waals surface area contributed by atoms with Crippen LogP contribution in [0.3, 0.4) is 0 Å². The van der Waals surface area contributed by atoms with Gasteiger partial charge in [0, 0.05) is 13.2 Å². The van der Waals surface area contributed by atoms with E-state index in [4.69, 9.17) is 4.74 Å². The molecule has 0 aromatic carbocycles. The first-order valence-corrected chi connectivity index (χ1v) is 6.50. The summed E-state index contributed by atoms with van der Waals surface area (Å²) < 4.78 is 5.73. The first-order valence-electron chi connectivity index (χ1n) is 6.50. The lowest BCUT2D eigenvalue weighted by molar-refractivity contribution is 0.0892. The van der Waals surface area contributed by atoms with Crippen molar-refractivity contribution in [3.8, 4) is 0 Å². The fourth-order valence-corrected chi connectivity index (χ4v) is 1.58. The molecule has 1 aliphatic rings. The zero-order valence-corrected chi connectivity index (χ0v) is 10.6. The highest BCUT2D eigenvalue weighted by Gasteiger charge is 2.21. The first-order chi connectivity index (χ1) is 7.22. The third-order valence-corrected chi connectivity index (χ3v) is 2.97. The van der Waals surface area contributed by atoms with E-state index >= 15 is 0 Å². The molecule has 2 nitrogen and oxygen atoms in total. The van der Waals surface area contributed by atoms with Crippen LogP contribution in [0.4, 0.5) is 0 Å². The Hall–Kier alpha value is -0.0800. The van der Waals surface area contributed by atoms with Gasteiger partial charge in [-0.2, -0.15) is 0 Å². The molecule has 0 radical (unpaired) electrons. The minimum atomic E-state index is 0.697. The van der Waals surface area contributed by atoms with Crippen molar-refractivity contribution in [1.82, 2.24) is 5.32 Å². The molecule has 0 saturated heterocycles. The molecular weight excluding hydrogens is 186 g/mol. The Labute approximate surface area is 94.8 Å². The van der Waals surface area contributed by atoms with Crippen molar-refractivity contribution in [2.24, 2.45) is 17.8 Å². The van der Waals surface area contributed by atoms with Crippen molar-refractivity contribution in [3.63, 3.8) is 0 Å². The number of hydrogen-bond acceptors (Lipinski definition) is 2. The summed E-state index contributed by atoms with van der Waals surface area (Å²) in [5, 5.41) is 3.51. The highest BCUT2D eigenvalue weighted by Crippen LogP contribution is 2.28. The summed E-state index contributed by atoms with van der Waals surface area (Å²) in [6.07, 6.45) is 4.00. The summed E-state index contributed by atoms with van der Waals surface area (Å²) in [6, 6.07) is 0. The Morgan fingerprint density at radius 2 is 2.00 bits per heavy atom. The van der Waals surface area contributed by atoms with Crippen LogP contribution in [0.15, 0.2) is 0 Å². The lowest BCUT2D eigenvalue weighted by Gasteiger charge is -2.16. The molecule has 0 aromatic rings. The number of hydrogen-bond donors (Lipinski definition) is 1. The average molecular weight is 213 g/mol. The van der Waals surface area contributed by atoms with Crippen LogP contribution in [0.2, 0.25) is 0 Å². The van der Waals surface area contributed by atoms with E-state index in [1.807, 2.05) is 0 Å². The monoisotopic (exact) mass is 213 g/mol. The van der Waals surface area contributed by atoms with Gasteiger partial charge in [0.2, 0.25) is 0 Å². The third-order valence-electron chi connectivity index (χ3n) is 2.97. The fraction of sp³-hybridized carbons (Fsp3) is 1.00. The maximum absolute atomic E-state index is 5.73. The van der Waals surface area contributed by atoms with Crippen LogP contribution < -0.4 is 5.32 Å². The first kappa shape index (κ1) is 13.0. The van der Waals surface area contributed by atoms with Crippen molar-refractivity contribution >= 4 is 0 Å². The molecule has 1 atom stereocenters. The Morgan fingerprint density at radius 3 is 2.53 bits per heavy atom. The highest BCUT2D eigenvalue weighted by molar-refractivity contribution is 4.72. The molecule has 1 saturated carbocycles. The Kier molecular flexibility index (Phi) is 6.26. The van der Waals surface area contributed by atoms with E-state index < -0.39 is 0 Å². The van der Waals surface area contributed by atoms with E-state index in [1.54, 1.807) is 0 Å². The topological polar surface area (TPSA) is 21.3 Å². The average Bonchev–Trinajstić information content (AvgIpc) is 2.99. The molecule has 2 heteroatoms. The van der Waals surface area contributed by atoms with Gasteiger partial charge in [-0.05, 0) is 43.6 Å². The highest BCUT2D eigenvalue weighted by atomic mass is 16.5. The normalized spacial score (nSPS) is 18.4. The molecule has 15 heavy (non-hydrogen) atoms. The van der Waals surface area contributed by atoms with Crippen molar-refractivity contribution in [2.45, 2.75) is 40.0 Å². The van der Waals surface area contributed by atoms with E-state index in [1.165, 1.54) is 19.3 Å². The minimum absolute atomic E-state index is 0.697. The van der Waals surface area contributed by atoms with Gasteiger partial charge in [-0.25, -0.2) is 0 Å². The molecule has 1 aliphatic carbocycles. The quantitative estimate of drug-likeness (QED) is 0.636. The van der Waals surface area contributed by atoms with Gasteiger partial charge in [-0.15, -0.1) is 0 Å². The van der Waals surface area contributed by atoms with Crippen LogP contribution in [0.25, 0.3) is 0 Å². The van der Waals surface area contributed by atoms with E-state index in [2.05, 4.69) is 26.1 Å². The zero-order valence-electron chi connectivity index (χ0n) is 10.6. The van der Waals surface area contributed by atoms with E-state index in [0.717, 1.165) is 38.1 Å². The number of rotatable bonds is 9. The van der Waals surface area contributed by atoms with Crippen LogP contribution in [0.5, 0.6) is 0 Å². The second-order valence-electron chi connectivity index (χ2n) is 5.31. The lowest BCUT2D eigenvalue weighted by atomic mass is 10.1. The van der Waals surface area contributed by atoms with Crippen LogP contribution in [0, 0.1) is 17.8 Å². The predicted octanol–water partition coefficient (Wildman–Crippen LogP) is 2.68. The second kappa shape index (κ2) is 7.24. The molecular formula is C13H27NO. The Bertz CT molecular complexity index is 147. The molecule has 0 aromatic heterocycles. The molecule has 0 heterocycles. The van der Waals surface area contributed by atoms with Gasteiger partial charge in [0.15, 0.2) is 0 Å². The smallest absolute Gasteiger partial charge is 0.0506 e. The molecule has 1 unspecified atom stereocenters. The minimum Gasteiger partial charge on any atom is -0.381 e. The van der Waals surface area contributed by atoms with Crippen molar-refractivity contribution < 1.29 is 4.74 Å². The molecule has 1 N–H and O–H groups in total. The number of ether oxygens (including phenoxy) is 1. The van der Waals surface area contributed by atoms with Crippen molar-refractivity contribution in [1.29, 1.82) is 0 Å². The van der Waals surface area contributed by atoms with Crippen LogP contribution in [0.1, 0.15) is 40.0 Å². The van der Waals surface area contributed by atoms with E-state index in [9.17, 15) is 0 Å². The maximum Gasteiger partial charge on any atom is 0.0506 e. The van der Waals surface area contributed by atoms with Gasteiger partial charge in [0.05, 0.1) is 6.61 Å². The van der Waals surface area contributed by atoms with Gasteiger partial charge in [0.25, 0.3) is 0 Å². The standard InChI is InChI=1S/C13H27NO/c1-4-12(8-14-7-11(2)3)9-15-10-13-5-6-13/h11-14H,4-10H2,1-3H3. The molecule has 0 aliphatic heterocycles. The van der Waals surface area contributed by atoms with Gasteiger partial charge in [-0.1, -0.05) is 20.8 Å². The van der Waals surface area contributed by atoms with Gasteiger partial charge in [0.1, 0.15) is 0 Å². The van der Waals surface area contributed by atoms with Gasteiger partial charge < -0.3 is 10.1 Å². The van der Waals surface area contributed by atoms with Gasteiger partial charge in [-0.3, -0.25) is 0 Å². The third kappa shape index (κ3) is 6.91. The molecule has 1 fully saturated rings. The van der Waals surface area contributed by atoms with Gasteiger partial charge >= 0.3 is 0 Å². The fourth-order valence-electron chi connectivity index (χ4n) is 1.58. The van der Waals surface area contributed by atoms with Crippen LogP contribution in [-0.4, -0.2) is 26.3 Å². The summed E-state index contributed by atoms with van der Waals surface area (Å²) in [7, 11) is 0. The summed E-state index contributed by atoms with van der Waals surface area (Å²) in [6.45, 7) is 10.9. The van der Waals surface area contributed by atoms with Crippen molar-refractivity contribution in [3.05, 3.63) is 0 Å². The van der Waals surface area contributed by atoms with Crippen molar-refractivity contribution in [2.75, 3.05) is 26.3 Å². The summed E-state index contributed by atoms with van der Waals surface area (Å²) >= 11 is 0. The molecule has 1 rings (SSSR count). The predicted molar refractivity (Wildman–Crippen MR) is 65.0 cm³/mol. The molecule has 90 valence electrons. The summed E-state index contributed by atoms with van der Waals surface area (Å²) in [4.78, 5) is 0. The Morgan fingerprint density at radius 1 is 1.27 bits per heavy atom. The van der Waals surface area contributed by atoms with E-state index in [-0.39, 0.29) is 0 Å². The summed E-state index contributed by atoms with van der Waals surface area (Å²) in [5.74, 6) is 2.34. The lowest BCUT2D eigenvalue weighted by Crippen LogP contribution is -2.28. The van der Waals surface area contributed by atoms with Crippen LogP contribution >= 0.6 is 0 Å². The van der Waals surface area contributed by atoms with E-state index in [0.29, 0.717) is 5.92 Å². The zero-order chi connectivity index (χ0) is 11.1. The Balaban J connectivity index is 1.95. The molecule has 0 amide bonds. The largest absolute Gasteiger partial charge is 0.381 e. The second-order valence-corrected chi connectivity index (χ2v) is 5.31. The molecule has 0 spiro atoms. The summed E-state index contributed by atoms with van der Waals surface area (Å²) in [5.41, 5.74) is 0. The number of nitrogens with one attached hydrogen (secondary N) is 1. The van der Waals surface area contributed by atoms with Crippen LogP contribution in [-0.2, 0) is 4.74 Å².